The van der Waals surface area contributed by atoms with Gasteiger partial charge >= 0.3 is 0 Å². The first-order valence-electron chi connectivity index (χ1n) is 8.10. The largest absolute Gasteiger partial charge is 0.356 e. The van der Waals surface area contributed by atoms with Gasteiger partial charge in [-0.2, -0.15) is 5.10 Å². The van der Waals surface area contributed by atoms with Crippen LogP contribution in [-0.2, 0) is 11.3 Å². The van der Waals surface area contributed by atoms with Crippen LogP contribution in [0.4, 0.5) is 5.95 Å². The van der Waals surface area contributed by atoms with Gasteiger partial charge in [-0.25, -0.2) is 9.97 Å². The summed E-state index contributed by atoms with van der Waals surface area (Å²) in [6.07, 6.45) is 8.19. The molecule has 1 N–H and O–H groups in total. The number of hydrogen-bond acceptors (Lipinski definition) is 5. The van der Waals surface area contributed by atoms with Crippen molar-refractivity contribution in [2.45, 2.75) is 31.8 Å². The first-order valence-corrected chi connectivity index (χ1v) is 8.10. The third-order valence-corrected chi connectivity index (χ3v) is 4.42. The van der Waals surface area contributed by atoms with Crippen molar-refractivity contribution in [3.63, 3.8) is 0 Å². The fraction of sp³-hybridized carbons (Fsp3) is 0.500. The van der Waals surface area contributed by atoms with Crippen molar-refractivity contribution in [1.82, 2.24) is 25.1 Å². The van der Waals surface area contributed by atoms with Gasteiger partial charge in [0.15, 0.2) is 0 Å². The van der Waals surface area contributed by atoms with E-state index in [1.165, 1.54) is 12.8 Å². The van der Waals surface area contributed by atoms with Gasteiger partial charge < -0.3 is 10.2 Å². The molecule has 1 aliphatic heterocycles. The summed E-state index contributed by atoms with van der Waals surface area (Å²) in [4.78, 5) is 23.0. The lowest BCUT2D eigenvalue weighted by Gasteiger charge is -2.33. The van der Waals surface area contributed by atoms with E-state index >= 15 is 0 Å². The summed E-state index contributed by atoms with van der Waals surface area (Å²) in [6.45, 7) is 2.21. The van der Waals surface area contributed by atoms with Crippen molar-refractivity contribution in [2.75, 3.05) is 18.0 Å². The Morgan fingerprint density at radius 3 is 2.87 bits per heavy atom. The molecular formula is C16H20N6O. The number of hydrogen-bond donors (Lipinski definition) is 1. The highest BCUT2D eigenvalue weighted by Gasteiger charge is 2.29. The molecule has 1 saturated carbocycles. The summed E-state index contributed by atoms with van der Waals surface area (Å²) in [7, 11) is 0. The maximum absolute atomic E-state index is 12.2. The summed E-state index contributed by atoms with van der Waals surface area (Å²) in [5, 5.41) is 7.44. The molecule has 0 unspecified atom stereocenters. The molecule has 2 aromatic rings. The van der Waals surface area contributed by atoms with Gasteiger partial charge in [-0.1, -0.05) is 0 Å². The van der Waals surface area contributed by atoms with Crippen molar-refractivity contribution in [2.24, 2.45) is 5.92 Å². The Labute approximate surface area is 134 Å². The Balaban J connectivity index is 1.47. The van der Waals surface area contributed by atoms with Gasteiger partial charge in [-0.3, -0.25) is 9.48 Å². The Morgan fingerprint density at radius 2 is 2.09 bits per heavy atom. The molecule has 0 spiro atoms. The molecule has 1 atom stereocenters. The second kappa shape index (κ2) is 5.98. The van der Waals surface area contributed by atoms with Gasteiger partial charge in [-0.05, 0) is 30.9 Å². The number of nitrogens with one attached hydrogen (secondary N) is 1. The van der Waals surface area contributed by atoms with E-state index in [1.807, 2.05) is 10.7 Å². The van der Waals surface area contributed by atoms with Crippen LogP contribution in [0.3, 0.4) is 0 Å². The molecule has 1 amide bonds. The third-order valence-electron chi connectivity index (χ3n) is 4.42. The third kappa shape index (κ3) is 3.18. The number of nitrogens with zero attached hydrogens (tertiary/aromatic N) is 5. The van der Waals surface area contributed by atoms with Gasteiger partial charge in [-0.15, -0.1) is 0 Å². The lowest BCUT2D eigenvalue weighted by atomic mass is 10.1. The van der Waals surface area contributed by atoms with Crippen molar-refractivity contribution in [3.8, 4) is 0 Å². The van der Waals surface area contributed by atoms with E-state index in [9.17, 15) is 4.79 Å². The topological polar surface area (TPSA) is 75.9 Å². The maximum atomic E-state index is 12.2. The summed E-state index contributed by atoms with van der Waals surface area (Å²) in [5.74, 6) is 1.49. The number of fused-ring (bicyclic) bond motifs is 1. The number of aromatic nitrogens is 4. The van der Waals surface area contributed by atoms with Gasteiger partial charge in [0, 0.05) is 31.7 Å². The molecule has 0 saturated heterocycles. The summed E-state index contributed by atoms with van der Waals surface area (Å²) in [5.41, 5.74) is 1.09. The van der Waals surface area contributed by atoms with Gasteiger partial charge in [0.05, 0.1) is 24.7 Å². The van der Waals surface area contributed by atoms with Crippen LogP contribution in [-0.4, -0.2) is 38.7 Å². The highest BCUT2D eigenvalue weighted by atomic mass is 16.1. The fourth-order valence-corrected chi connectivity index (χ4v) is 3.01. The fourth-order valence-electron chi connectivity index (χ4n) is 3.01. The smallest absolute Gasteiger partial charge is 0.225 e. The van der Waals surface area contributed by atoms with Crippen LogP contribution in [0.5, 0.6) is 0 Å². The Morgan fingerprint density at radius 1 is 1.26 bits per heavy atom. The van der Waals surface area contributed by atoms with Crippen LogP contribution in [0.2, 0.25) is 0 Å². The molecule has 0 aromatic carbocycles. The predicted octanol–water partition coefficient (Wildman–Crippen LogP) is 1.15. The molecular weight excluding hydrogens is 292 g/mol. The zero-order valence-electron chi connectivity index (χ0n) is 12.9. The zero-order valence-corrected chi connectivity index (χ0v) is 12.9. The highest BCUT2D eigenvalue weighted by molar-refractivity contribution is 5.76. The summed E-state index contributed by atoms with van der Waals surface area (Å²) in [6, 6.07) is 3.81. The number of anilines is 1. The minimum atomic E-state index is 0.0109. The average molecular weight is 312 g/mol. The SMILES string of the molecule is O=C(C[C@@H]1CN(c2ncccn2)Cc2ccnn21)NCC1CC1. The lowest BCUT2D eigenvalue weighted by Crippen LogP contribution is -2.41. The van der Waals surface area contributed by atoms with Gasteiger partial charge in [0.1, 0.15) is 0 Å². The lowest BCUT2D eigenvalue weighted by molar-refractivity contribution is -0.122. The number of carbonyl (C=O) groups excluding carboxylic acids is 1. The second-order valence-electron chi connectivity index (χ2n) is 6.30. The van der Waals surface area contributed by atoms with Crippen molar-refractivity contribution in [1.29, 1.82) is 0 Å². The van der Waals surface area contributed by atoms with E-state index in [0.717, 1.165) is 12.2 Å². The molecule has 0 bridgehead atoms. The van der Waals surface area contributed by atoms with Crippen LogP contribution < -0.4 is 10.2 Å². The molecule has 120 valence electrons. The first kappa shape index (κ1) is 14.2. The molecule has 1 aliphatic carbocycles. The Hall–Kier alpha value is -2.44. The molecule has 7 heteroatoms. The molecule has 2 aliphatic rings. The zero-order chi connectivity index (χ0) is 15.6. The molecule has 7 nitrogen and oxygen atoms in total. The normalized spacial score (nSPS) is 20.2. The average Bonchev–Trinajstić information content (AvgIpc) is 3.29. The first-order chi connectivity index (χ1) is 11.3. The van der Waals surface area contributed by atoms with E-state index in [-0.39, 0.29) is 11.9 Å². The summed E-state index contributed by atoms with van der Waals surface area (Å²) < 4.78 is 1.97. The van der Waals surface area contributed by atoms with E-state index in [1.54, 1.807) is 24.7 Å². The molecule has 4 rings (SSSR count). The van der Waals surface area contributed by atoms with Crippen LogP contribution in [0.25, 0.3) is 0 Å². The monoisotopic (exact) mass is 312 g/mol. The molecule has 0 radical (unpaired) electrons. The Bertz CT molecular complexity index is 681. The second-order valence-corrected chi connectivity index (χ2v) is 6.30. The Kier molecular flexibility index (Phi) is 3.69. The minimum Gasteiger partial charge on any atom is -0.356 e. The predicted molar refractivity (Wildman–Crippen MR) is 84.7 cm³/mol. The molecule has 3 heterocycles. The van der Waals surface area contributed by atoms with Crippen LogP contribution in [0.15, 0.2) is 30.7 Å². The number of amides is 1. The van der Waals surface area contributed by atoms with Crippen molar-refractivity contribution in [3.05, 3.63) is 36.4 Å². The minimum absolute atomic E-state index is 0.0109. The van der Waals surface area contributed by atoms with Crippen LogP contribution >= 0.6 is 0 Å². The van der Waals surface area contributed by atoms with Crippen molar-refractivity contribution < 1.29 is 4.79 Å². The van der Waals surface area contributed by atoms with Gasteiger partial charge in [0.2, 0.25) is 11.9 Å². The summed E-state index contributed by atoms with van der Waals surface area (Å²) >= 11 is 0. The van der Waals surface area contributed by atoms with E-state index in [2.05, 4.69) is 25.3 Å². The van der Waals surface area contributed by atoms with Crippen LogP contribution in [0.1, 0.15) is 31.0 Å². The maximum Gasteiger partial charge on any atom is 0.225 e. The molecule has 23 heavy (non-hydrogen) atoms. The number of carbonyl (C=O) groups is 1. The van der Waals surface area contributed by atoms with E-state index < -0.39 is 0 Å². The molecule has 1 fully saturated rings. The van der Waals surface area contributed by atoms with Gasteiger partial charge in [0.25, 0.3) is 0 Å². The van der Waals surface area contributed by atoms with E-state index in [0.29, 0.717) is 31.4 Å². The highest BCUT2D eigenvalue weighted by Crippen LogP contribution is 2.28. The number of rotatable bonds is 5. The van der Waals surface area contributed by atoms with Crippen molar-refractivity contribution >= 4 is 11.9 Å². The standard InChI is InChI=1S/C16H20N6O/c23-15(19-9-12-2-3-12)8-14-11-21(16-17-5-1-6-18-16)10-13-4-7-20-22(13)14/h1,4-7,12,14H,2-3,8-11H2,(H,19,23)/t14-/m1/s1. The molecule has 2 aromatic heterocycles. The quantitative estimate of drug-likeness (QED) is 0.896. The van der Waals surface area contributed by atoms with E-state index in [4.69, 9.17) is 0 Å². The van der Waals surface area contributed by atoms with Crippen LogP contribution in [0, 0.1) is 5.92 Å².